The van der Waals surface area contributed by atoms with Crippen molar-refractivity contribution in [3.63, 3.8) is 0 Å². The lowest BCUT2D eigenvalue weighted by molar-refractivity contribution is 0.105. The molecule has 5 heteroatoms. The Balaban J connectivity index is 1.65. The van der Waals surface area contributed by atoms with Crippen LogP contribution in [0.2, 0.25) is 0 Å². The van der Waals surface area contributed by atoms with Crippen molar-refractivity contribution in [2.24, 2.45) is 5.73 Å². The Morgan fingerprint density at radius 3 is 3.16 bits per heavy atom. The molecule has 19 heavy (non-hydrogen) atoms. The average molecular weight is 262 g/mol. The number of hydrogen-bond donors (Lipinski definition) is 2. The van der Waals surface area contributed by atoms with E-state index in [0.717, 1.165) is 25.0 Å². The summed E-state index contributed by atoms with van der Waals surface area (Å²) in [5, 5.41) is 2.60. The number of hydrogen-bond acceptors (Lipinski definition) is 4. The Morgan fingerprint density at radius 2 is 2.37 bits per heavy atom. The van der Waals surface area contributed by atoms with Crippen molar-refractivity contribution < 1.29 is 14.3 Å². The van der Waals surface area contributed by atoms with Gasteiger partial charge in [0.2, 0.25) is 0 Å². The Bertz CT molecular complexity index is 490. The molecule has 1 aromatic carbocycles. The van der Waals surface area contributed by atoms with Crippen LogP contribution in [0.3, 0.4) is 0 Å². The van der Waals surface area contributed by atoms with E-state index >= 15 is 0 Å². The standard InChI is InChI=1S/C14H18N2O3/c15-13-3-1-2-9-4-5-10(6-12(9)13)18-8-11-7-16-14(17)19-11/h4-6,11,13H,1-3,7-8,15H2,(H,16,17). The van der Waals surface area contributed by atoms with Crippen LogP contribution >= 0.6 is 0 Å². The van der Waals surface area contributed by atoms with Gasteiger partial charge < -0.3 is 20.5 Å². The van der Waals surface area contributed by atoms with Crippen molar-refractivity contribution in [1.29, 1.82) is 0 Å². The van der Waals surface area contributed by atoms with Crippen LogP contribution in [0.5, 0.6) is 5.75 Å². The highest BCUT2D eigenvalue weighted by atomic mass is 16.6. The largest absolute Gasteiger partial charge is 0.490 e. The molecule has 2 atom stereocenters. The van der Waals surface area contributed by atoms with Crippen molar-refractivity contribution in [1.82, 2.24) is 5.32 Å². The number of amides is 1. The maximum Gasteiger partial charge on any atom is 0.407 e. The first kappa shape index (κ1) is 12.3. The van der Waals surface area contributed by atoms with Gasteiger partial charge in [0.15, 0.2) is 6.10 Å². The van der Waals surface area contributed by atoms with Crippen LogP contribution < -0.4 is 15.8 Å². The molecule has 1 heterocycles. The zero-order valence-corrected chi connectivity index (χ0v) is 10.7. The third-order valence-electron chi connectivity index (χ3n) is 3.66. The van der Waals surface area contributed by atoms with Crippen LogP contribution in [0.1, 0.15) is 30.0 Å². The predicted molar refractivity (Wildman–Crippen MR) is 70.1 cm³/mol. The van der Waals surface area contributed by atoms with Crippen molar-refractivity contribution in [2.75, 3.05) is 13.2 Å². The van der Waals surface area contributed by atoms with Gasteiger partial charge in [0.25, 0.3) is 0 Å². The number of alkyl carbamates (subject to hydrolysis) is 1. The highest BCUT2D eigenvalue weighted by Gasteiger charge is 2.23. The summed E-state index contributed by atoms with van der Waals surface area (Å²) in [7, 11) is 0. The average Bonchev–Trinajstić information content (AvgIpc) is 2.83. The first-order valence-electron chi connectivity index (χ1n) is 6.68. The smallest absolute Gasteiger partial charge is 0.407 e. The molecule has 102 valence electrons. The number of benzene rings is 1. The summed E-state index contributed by atoms with van der Waals surface area (Å²) in [5.74, 6) is 0.791. The number of nitrogens with two attached hydrogens (primary N) is 1. The Morgan fingerprint density at radius 1 is 1.47 bits per heavy atom. The second-order valence-corrected chi connectivity index (χ2v) is 5.08. The zero-order valence-electron chi connectivity index (χ0n) is 10.7. The van der Waals surface area contributed by atoms with E-state index in [9.17, 15) is 4.79 Å². The molecule has 0 aromatic heterocycles. The minimum Gasteiger partial charge on any atom is -0.490 e. The molecular formula is C14H18N2O3. The Labute approximate surface area is 112 Å². The van der Waals surface area contributed by atoms with Gasteiger partial charge in [-0.2, -0.15) is 0 Å². The number of aryl methyl sites for hydroxylation is 1. The summed E-state index contributed by atoms with van der Waals surface area (Å²) in [5.41, 5.74) is 8.62. The summed E-state index contributed by atoms with van der Waals surface area (Å²) >= 11 is 0. The lowest BCUT2D eigenvalue weighted by Crippen LogP contribution is -2.22. The third kappa shape index (κ3) is 2.66. The maximum atomic E-state index is 10.9. The van der Waals surface area contributed by atoms with Crippen LogP contribution in [0.15, 0.2) is 18.2 Å². The number of nitrogens with one attached hydrogen (secondary N) is 1. The number of carbonyl (C=O) groups is 1. The van der Waals surface area contributed by atoms with E-state index in [2.05, 4.69) is 11.4 Å². The molecule has 0 saturated carbocycles. The molecule has 3 rings (SSSR count). The van der Waals surface area contributed by atoms with Gasteiger partial charge in [0.1, 0.15) is 12.4 Å². The predicted octanol–water partition coefficient (Wildman–Crippen LogP) is 1.51. The monoisotopic (exact) mass is 262 g/mol. The molecule has 0 bridgehead atoms. The van der Waals surface area contributed by atoms with Crippen LogP contribution in [-0.2, 0) is 11.2 Å². The van der Waals surface area contributed by atoms with E-state index in [1.165, 1.54) is 11.1 Å². The summed E-state index contributed by atoms with van der Waals surface area (Å²) in [6.07, 6.45) is 2.69. The van der Waals surface area contributed by atoms with E-state index in [0.29, 0.717) is 13.2 Å². The molecule has 1 aliphatic heterocycles. The van der Waals surface area contributed by atoms with Gasteiger partial charge in [0.05, 0.1) is 6.54 Å². The molecule has 3 N–H and O–H groups in total. The van der Waals surface area contributed by atoms with E-state index in [4.69, 9.17) is 15.2 Å². The van der Waals surface area contributed by atoms with Crippen LogP contribution in [-0.4, -0.2) is 25.3 Å². The highest BCUT2D eigenvalue weighted by molar-refractivity contribution is 5.69. The summed E-state index contributed by atoms with van der Waals surface area (Å²) in [6, 6.07) is 6.17. The van der Waals surface area contributed by atoms with Gasteiger partial charge in [0, 0.05) is 6.04 Å². The van der Waals surface area contributed by atoms with E-state index in [1.807, 2.05) is 12.1 Å². The lowest BCUT2D eigenvalue weighted by Gasteiger charge is -2.23. The zero-order chi connectivity index (χ0) is 13.2. The van der Waals surface area contributed by atoms with Gasteiger partial charge in [-0.25, -0.2) is 4.79 Å². The van der Waals surface area contributed by atoms with E-state index < -0.39 is 0 Å². The Hall–Kier alpha value is -1.75. The molecular weight excluding hydrogens is 244 g/mol. The number of cyclic esters (lactones) is 1. The highest BCUT2D eigenvalue weighted by Crippen LogP contribution is 2.30. The van der Waals surface area contributed by atoms with Crippen molar-refractivity contribution in [3.05, 3.63) is 29.3 Å². The van der Waals surface area contributed by atoms with Crippen molar-refractivity contribution in [2.45, 2.75) is 31.4 Å². The van der Waals surface area contributed by atoms with E-state index in [1.54, 1.807) is 0 Å². The fourth-order valence-corrected chi connectivity index (χ4v) is 2.62. The minimum absolute atomic E-state index is 0.110. The fourth-order valence-electron chi connectivity index (χ4n) is 2.62. The molecule has 1 aromatic rings. The number of carbonyl (C=O) groups excluding carboxylic acids is 1. The molecule has 1 aliphatic carbocycles. The van der Waals surface area contributed by atoms with Crippen molar-refractivity contribution >= 4 is 6.09 Å². The van der Waals surface area contributed by atoms with Gasteiger partial charge in [-0.1, -0.05) is 6.07 Å². The maximum absolute atomic E-state index is 10.9. The number of fused-ring (bicyclic) bond motifs is 1. The molecule has 5 nitrogen and oxygen atoms in total. The summed E-state index contributed by atoms with van der Waals surface area (Å²) in [4.78, 5) is 10.9. The fraction of sp³-hybridized carbons (Fsp3) is 0.500. The van der Waals surface area contributed by atoms with Crippen LogP contribution in [0.4, 0.5) is 4.79 Å². The second kappa shape index (κ2) is 5.09. The normalized spacial score (nSPS) is 25.4. The third-order valence-corrected chi connectivity index (χ3v) is 3.66. The summed E-state index contributed by atoms with van der Waals surface area (Å²) < 4.78 is 10.7. The molecule has 1 saturated heterocycles. The molecule has 0 radical (unpaired) electrons. The minimum atomic E-state index is -0.374. The first-order valence-corrected chi connectivity index (χ1v) is 6.68. The van der Waals surface area contributed by atoms with Crippen LogP contribution in [0.25, 0.3) is 0 Å². The molecule has 0 spiro atoms. The lowest BCUT2D eigenvalue weighted by atomic mass is 9.88. The van der Waals surface area contributed by atoms with Gasteiger partial charge in [-0.3, -0.25) is 0 Å². The van der Waals surface area contributed by atoms with Gasteiger partial charge in [-0.15, -0.1) is 0 Å². The topological polar surface area (TPSA) is 73.6 Å². The molecule has 2 unspecified atom stereocenters. The van der Waals surface area contributed by atoms with E-state index in [-0.39, 0.29) is 18.2 Å². The number of rotatable bonds is 3. The molecule has 2 aliphatic rings. The van der Waals surface area contributed by atoms with Gasteiger partial charge >= 0.3 is 6.09 Å². The van der Waals surface area contributed by atoms with Gasteiger partial charge in [-0.05, 0) is 42.5 Å². The second-order valence-electron chi connectivity index (χ2n) is 5.08. The van der Waals surface area contributed by atoms with Crippen molar-refractivity contribution in [3.8, 4) is 5.75 Å². The quantitative estimate of drug-likeness (QED) is 0.866. The molecule has 1 amide bonds. The molecule has 1 fully saturated rings. The van der Waals surface area contributed by atoms with Crippen LogP contribution in [0, 0.1) is 0 Å². The first-order chi connectivity index (χ1) is 9.22. The summed E-state index contributed by atoms with van der Waals surface area (Å²) in [6.45, 7) is 0.871. The SMILES string of the molecule is NC1CCCc2ccc(OCC3CNC(=O)O3)cc21. The number of ether oxygens (including phenoxy) is 2. The Kier molecular flexibility index (Phi) is 3.29.